The van der Waals surface area contributed by atoms with E-state index in [0.29, 0.717) is 12.0 Å². The molecule has 5 heteroatoms. The van der Waals surface area contributed by atoms with Crippen molar-refractivity contribution in [1.82, 2.24) is 14.7 Å². The first kappa shape index (κ1) is 14.6. The summed E-state index contributed by atoms with van der Waals surface area (Å²) in [5, 5.41) is 0. The summed E-state index contributed by atoms with van der Waals surface area (Å²) in [6, 6.07) is 0.549. The molecule has 0 aromatic rings. The largest absolute Gasteiger partial charge is 0.381 e. The monoisotopic (exact) mass is 269 g/mol. The lowest BCUT2D eigenvalue weighted by atomic mass is 10.0. The molecule has 110 valence electrons. The molecule has 19 heavy (non-hydrogen) atoms. The van der Waals surface area contributed by atoms with Gasteiger partial charge in [-0.3, -0.25) is 0 Å². The number of likely N-dealkylation sites (tertiary alicyclic amines) is 1. The topological polar surface area (TPSA) is 36.0 Å². The Morgan fingerprint density at radius 3 is 2.47 bits per heavy atom. The van der Waals surface area contributed by atoms with Crippen LogP contribution in [0.5, 0.6) is 0 Å². The molecule has 2 saturated heterocycles. The number of carbonyl (C=O) groups excluding carboxylic acids is 1. The molecule has 0 N–H and O–H groups in total. The van der Waals surface area contributed by atoms with Crippen LogP contribution in [0.1, 0.15) is 19.3 Å². The molecule has 0 aromatic carbocycles. The standard InChI is InChI=1S/C14H27N3O2/c1-15(2)14(18)17(10-12-6-9-19-11-12)13-4-7-16(3)8-5-13/h12-13H,4-11H2,1-3H3. The van der Waals surface area contributed by atoms with E-state index in [1.54, 1.807) is 4.90 Å². The van der Waals surface area contributed by atoms with E-state index < -0.39 is 0 Å². The van der Waals surface area contributed by atoms with E-state index in [-0.39, 0.29) is 6.03 Å². The van der Waals surface area contributed by atoms with E-state index in [4.69, 9.17) is 4.74 Å². The molecule has 1 atom stereocenters. The Balaban J connectivity index is 1.98. The average Bonchev–Trinajstić information content (AvgIpc) is 2.89. The van der Waals surface area contributed by atoms with Crippen LogP contribution in [-0.4, -0.2) is 80.8 Å². The zero-order valence-corrected chi connectivity index (χ0v) is 12.5. The zero-order chi connectivity index (χ0) is 13.8. The van der Waals surface area contributed by atoms with Crippen molar-refractivity contribution in [2.75, 3.05) is 54.0 Å². The Kier molecular flexibility index (Phi) is 5.05. The Hall–Kier alpha value is -0.810. The van der Waals surface area contributed by atoms with Gasteiger partial charge in [0.1, 0.15) is 0 Å². The SMILES string of the molecule is CN1CCC(N(CC2CCOC2)C(=O)N(C)C)CC1. The van der Waals surface area contributed by atoms with Crippen LogP contribution in [0.15, 0.2) is 0 Å². The van der Waals surface area contributed by atoms with Gasteiger partial charge in [0.2, 0.25) is 0 Å². The molecule has 2 aliphatic rings. The van der Waals surface area contributed by atoms with Crippen LogP contribution < -0.4 is 0 Å². The van der Waals surface area contributed by atoms with Gasteiger partial charge in [-0.25, -0.2) is 4.79 Å². The van der Waals surface area contributed by atoms with Crippen molar-refractivity contribution in [3.8, 4) is 0 Å². The van der Waals surface area contributed by atoms with Crippen LogP contribution >= 0.6 is 0 Å². The van der Waals surface area contributed by atoms with E-state index in [0.717, 1.165) is 52.1 Å². The number of urea groups is 1. The highest BCUT2D eigenvalue weighted by atomic mass is 16.5. The Morgan fingerprint density at radius 2 is 1.95 bits per heavy atom. The van der Waals surface area contributed by atoms with Gasteiger partial charge in [0.05, 0.1) is 6.61 Å². The molecule has 0 aromatic heterocycles. The first-order valence-electron chi connectivity index (χ1n) is 7.32. The minimum atomic E-state index is 0.154. The third kappa shape index (κ3) is 3.83. The van der Waals surface area contributed by atoms with Crippen molar-refractivity contribution in [1.29, 1.82) is 0 Å². The Morgan fingerprint density at radius 1 is 1.26 bits per heavy atom. The molecule has 0 spiro atoms. The smallest absolute Gasteiger partial charge is 0.319 e. The lowest BCUT2D eigenvalue weighted by Gasteiger charge is -2.39. The van der Waals surface area contributed by atoms with E-state index >= 15 is 0 Å². The predicted molar refractivity (Wildman–Crippen MR) is 75.2 cm³/mol. The van der Waals surface area contributed by atoms with Gasteiger partial charge in [-0.2, -0.15) is 0 Å². The molecule has 5 nitrogen and oxygen atoms in total. The summed E-state index contributed by atoms with van der Waals surface area (Å²) in [6.45, 7) is 4.68. The number of rotatable bonds is 3. The van der Waals surface area contributed by atoms with Crippen LogP contribution in [0.4, 0.5) is 4.79 Å². The van der Waals surface area contributed by atoms with Gasteiger partial charge < -0.3 is 19.4 Å². The predicted octanol–water partition coefficient (Wildman–Crippen LogP) is 1.10. The number of amides is 2. The maximum absolute atomic E-state index is 12.4. The van der Waals surface area contributed by atoms with Crippen LogP contribution in [0.3, 0.4) is 0 Å². The summed E-state index contributed by atoms with van der Waals surface area (Å²) in [4.78, 5) is 18.5. The van der Waals surface area contributed by atoms with Crippen LogP contribution in [-0.2, 0) is 4.74 Å². The highest BCUT2D eigenvalue weighted by Crippen LogP contribution is 2.21. The lowest BCUT2D eigenvalue weighted by molar-refractivity contribution is 0.0998. The second kappa shape index (κ2) is 6.57. The Labute approximate surface area is 116 Å². The van der Waals surface area contributed by atoms with Gasteiger partial charge >= 0.3 is 6.03 Å². The summed E-state index contributed by atoms with van der Waals surface area (Å²) in [5.74, 6) is 0.517. The molecule has 2 rings (SSSR count). The molecule has 2 fully saturated rings. The molecule has 0 saturated carbocycles. The summed E-state index contributed by atoms with van der Waals surface area (Å²) in [6.07, 6.45) is 3.26. The normalized spacial score (nSPS) is 25.5. The van der Waals surface area contributed by atoms with E-state index in [2.05, 4.69) is 16.8 Å². The molecule has 2 aliphatic heterocycles. The van der Waals surface area contributed by atoms with Crippen molar-refractivity contribution in [3.05, 3.63) is 0 Å². The highest BCUT2D eigenvalue weighted by Gasteiger charge is 2.30. The molecule has 0 bridgehead atoms. The van der Waals surface area contributed by atoms with Gasteiger partial charge in [-0.1, -0.05) is 0 Å². The van der Waals surface area contributed by atoms with Gasteiger partial charge in [-0.15, -0.1) is 0 Å². The maximum Gasteiger partial charge on any atom is 0.319 e. The minimum absolute atomic E-state index is 0.154. The fourth-order valence-corrected chi connectivity index (χ4v) is 2.95. The van der Waals surface area contributed by atoms with Crippen molar-refractivity contribution < 1.29 is 9.53 Å². The zero-order valence-electron chi connectivity index (χ0n) is 12.5. The first-order valence-corrected chi connectivity index (χ1v) is 7.32. The van der Waals surface area contributed by atoms with Crippen LogP contribution in [0, 0.1) is 5.92 Å². The summed E-state index contributed by atoms with van der Waals surface area (Å²) < 4.78 is 5.44. The average molecular weight is 269 g/mol. The van der Waals surface area contributed by atoms with Gasteiger partial charge in [-0.05, 0) is 39.4 Å². The minimum Gasteiger partial charge on any atom is -0.381 e. The maximum atomic E-state index is 12.4. The molecule has 0 aliphatic carbocycles. The summed E-state index contributed by atoms with van der Waals surface area (Å²) >= 11 is 0. The number of hydrogen-bond donors (Lipinski definition) is 0. The number of ether oxygens (including phenoxy) is 1. The van der Waals surface area contributed by atoms with Crippen LogP contribution in [0.2, 0.25) is 0 Å². The van der Waals surface area contributed by atoms with E-state index in [9.17, 15) is 4.79 Å². The molecular weight excluding hydrogens is 242 g/mol. The quantitative estimate of drug-likeness (QED) is 0.770. The third-order valence-corrected chi connectivity index (χ3v) is 4.24. The molecule has 1 unspecified atom stereocenters. The van der Waals surface area contributed by atoms with E-state index in [1.165, 1.54) is 0 Å². The number of carbonyl (C=O) groups is 1. The van der Waals surface area contributed by atoms with Crippen molar-refractivity contribution in [2.24, 2.45) is 5.92 Å². The molecular formula is C14H27N3O2. The third-order valence-electron chi connectivity index (χ3n) is 4.24. The number of piperidine rings is 1. The fourth-order valence-electron chi connectivity index (χ4n) is 2.95. The molecule has 2 heterocycles. The van der Waals surface area contributed by atoms with Crippen LogP contribution in [0.25, 0.3) is 0 Å². The van der Waals surface area contributed by atoms with Gasteiger partial charge in [0.25, 0.3) is 0 Å². The Bertz CT molecular complexity index is 295. The highest BCUT2D eigenvalue weighted by molar-refractivity contribution is 5.74. The second-order valence-electron chi connectivity index (χ2n) is 6.09. The van der Waals surface area contributed by atoms with Crippen molar-refractivity contribution in [2.45, 2.75) is 25.3 Å². The fraction of sp³-hybridized carbons (Fsp3) is 0.929. The summed E-state index contributed by atoms with van der Waals surface area (Å²) in [7, 11) is 5.84. The first-order chi connectivity index (χ1) is 9.08. The molecule has 2 amide bonds. The summed E-state index contributed by atoms with van der Waals surface area (Å²) in [5.41, 5.74) is 0. The second-order valence-corrected chi connectivity index (χ2v) is 6.09. The van der Waals surface area contributed by atoms with Crippen molar-refractivity contribution >= 4 is 6.03 Å². The molecule has 0 radical (unpaired) electrons. The number of hydrogen-bond acceptors (Lipinski definition) is 3. The van der Waals surface area contributed by atoms with Gasteiger partial charge in [0.15, 0.2) is 0 Å². The van der Waals surface area contributed by atoms with Gasteiger partial charge in [0, 0.05) is 39.2 Å². The lowest BCUT2D eigenvalue weighted by Crippen LogP contribution is -2.51. The number of nitrogens with zero attached hydrogens (tertiary/aromatic N) is 3. The van der Waals surface area contributed by atoms with E-state index in [1.807, 2.05) is 14.1 Å². The van der Waals surface area contributed by atoms with Crippen molar-refractivity contribution in [3.63, 3.8) is 0 Å².